The van der Waals surface area contributed by atoms with E-state index in [9.17, 15) is 0 Å². The zero-order valence-electron chi connectivity index (χ0n) is 13.1. The molecule has 0 aliphatic carbocycles. The van der Waals surface area contributed by atoms with Gasteiger partial charge in [0.25, 0.3) is 0 Å². The molecular weight excluding hydrogens is 328 g/mol. The molecule has 0 spiro atoms. The molecule has 0 saturated carbocycles. The molecule has 1 aliphatic heterocycles. The van der Waals surface area contributed by atoms with Crippen molar-refractivity contribution in [3.63, 3.8) is 0 Å². The van der Waals surface area contributed by atoms with Crippen LogP contribution in [0.25, 0.3) is 16.6 Å². The summed E-state index contributed by atoms with van der Waals surface area (Å²) in [6, 6.07) is 7.52. The van der Waals surface area contributed by atoms with E-state index in [1.165, 1.54) is 0 Å². The van der Waals surface area contributed by atoms with E-state index in [0.29, 0.717) is 11.6 Å². The van der Waals surface area contributed by atoms with E-state index in [-0.39, 0.29) is 6.29 Å². The maximum absolute atomic E-state index is 6.03. The zero-order valence-corrected chi connectivity index (χ0v) is 13.8. The summed E-state index contributed by atoms with van der Waals surface area (Å²) in [4.78, 5) is 4.35. The highest BCUT2D eigenvalue weighted by Crippen LogP contribution is 2.23. The van der Waals surface area contributed by atoms with Crippen LogP contribution in [0.3, 0.4) is 0 Å². The first-order valence-electron chi connectivity index (χ1n) is 7.99. The summed E-state index contributed by atoms with van der Waals surface area (Å²) in [5.74, 6) is 0. The molecule has 4 rings (SSSR count). The van der Waals surface area contributed by atoms with E-state index >= 15 is 0 Å². The van der Waals surface area contributed by atoms with Gasteiger partial charge >= 0.3 is 0 Å². The molecule has 6 nitrogen and oxygen atoms in total. The molecular formula is C17H17ClN4O2. The van der Waals surface area contributed by atoms with Crippen LogP contribution in [0, 0.1) is 0 Å². The van der Waals surface area contributed by atoms with Crippen LogP contribution in [-0.2, 0) is 16.1 Å². The lowest BCUT2D eigenvalue weighted by atomic mass is 10.2. The fourth-order valence-corrected chi connectivity index (χ4v) is 2.98. The predicted octanol–water partition coefficient (Wildman–Crippen LogP) is 3.51. The summed E-state index contributed by atoms with van der Waals surface area (Å²) in [6.07, 6.45) is 6.66. The van der Waals surface area contributed by atoms with E-state index in [2.05, 4.69) is 15.3 Å². The molecule has 124 valence electrons. The Morgan fingerprint density at radius 2 is 2.25 bits per heavy atom. The van der Waals surface area contributed by atoms with E-state index in [0.717, 1.165) is 48.2 Å². The van der Waals surface area contributed by atoms with Crippen LogP contribution in [0.1, 0.15) is 25.0 Å². The molecule has 3 aromatic rings. The number of ether oxygens (including phenoxy) is 2. The minimum Gasteiger partial charge on any atom is -0.353 e. The Bertz CT molecular complexity index is 845. The van der Waals surface area contributed by atoms with Crippen LogP contribution in [0.2, 0.25) is 5.02 Å². The lowest BCUT2D eigenvalue weighted by Crippen LogP contribution is -2.22. The number of fused-ring (bicyclic) bond motifs is 1. The van der Waals surface area contributed by atoms with Gasteiger partial charge < -0.3 is 9.47 Å². The largest absolute Gasteiger partial charge is 0.353 e. The van der Waals surface area contributed by atoms with E-state index < -0.39 is 0 Å². The van der Waals surface area contributed by atoms with E-state index in [4.69, 9.17) is 21.1 Å². The standard InChI is InChI=1S/C17H17ClN4O2/c18-12-4-5-14-15(9-12)19-7-6-16(14)22-10-13(20-21-22)11-24-17-3-1-2-8-23-17/h4-7,9-10,17H,1-3,8,11H2. The number of hydrogen-bond acceptors (Lipinski definition) is 5. The van der Waals surface area contributed by atoms with Gasteiger partial charge in [-0.15, -0.1) is 5.10 Å². The summed E-state index contributed by atoms with van der Waals surface area (Å²) >= 11 is 6.03. The highest BCUT2D eigenvalue weighted by Gasteiger charge is 2.15. The first kappa shape index (κ1) is 15.5. The summed E-state index contributed by atoms with van der Waals surface area (Å²) in [5, 5.41) is 10.0. The van der Waals surface area contributed by atoms with Gasteiger partial charge in [0.1, 0.15) is 5.69 Å². The second-order valence-corrected chi connectivity index (χ2v) is 6.19. The van der Waals surface area contributed by atoms with Crippen molar-refractivity contribution in [2.75, 3.05) is 6.61 Å². The molecule has 2 aromatic heterocycles. The van der Waals surface area contributed by atoms with Crippen LogP contribution in [-0.4, -0.2) is 32.9 Å². The Kier molecular flexibility index (Phi) is 4.42. The molecule has 24 heavy (non-hydrogen) atoms. The summed E-state index contributed by atoms with van der Waals surface area (Å²) in [5.41, 5.74) is 2.50. The number of hydrogen-bond donors (Lipinski definition) is 0. The quantitative estimate of drug-likeness (QED) is 0.724. The molecule has 0 N–H and O–H groups in total. The smallest absolute Gasteiger partial charge is 0.158 e. The van der Waals surface area contributed by atoms with Crippen LogP contribution < -0.4 is 0 Å². The SMILES string of the molecule is Clc1ccc2c(-n3cc(COC4CCCCO4)nn3)ccnc2c1. The van der Waals surface area contributed by atoms with Crippen molar-refractivity contribution in [2.45, 2.75) is 32.2 Å². The third-order valence-electron chi connectivity index (χ3n) is 4.02. The molecule has 1 aliphatic rings. The minimum absolute atomic E-state index is 0.132. The topological polar surface area (TPSA) is 62.1 Å². The van der Waals surface area contributed by atoms with Gasteiger partial charge in [-0.2, -0.15) is 0 Å². The monoisotopic (exact) mass is 344 g/mol. The number of rotatable bonds is 4. The number of halogens is 1. The third-order valence-corrected chi connectivity index (χ3v) is 4.26. The molecule has 0 radical (unpaired) electrons. The molecule has 1 aromatic carbocycles. The van der Waals surface area contributed by atoms with Crippen molar-refractivity contribution < 1.29 is 9.47 Å². The highest BCUT2D eigenvalue weighted by molar-refractivity contribution is 6.31. The maximum Gasteiger partial charge on any atom is 0.158 e. The first-order chi connectivity index (χ1) is 11.8. The van der Waals surface area contributed by atoms with Crippen molar-refractivity contribution in [1.82, 2.24) is 20.0 Å². The maximum atomic E-state index is 6.03. The van der Waals surface area contributed by atoms with Gasteiger partial charge in [0.05, 0.1) is 24.0 Å². The van der Waals surface area contributed by atoms with Crippen molar-refractivity contribution in [3.8, 4) is 5.69 Å². The molecule has 3 heterocycles. The average molecular weight is 345 g/mol. The Labute approximate surface area is 144 Å². The van der Waals surface area contributed by atoms with Gasteiger partial charge in [0.15, 0.2) is 6.29 Å². The molecule has 0 amide bonds. The number of aromatic nitrogens is 4. The average Bonchev–Trinajstić information content (AvgIpc) is 3.09. The predicted molar refractivity (Wildman–Crippen MR) is 90.1 cm³/mol. The number of pyridine rings is 1. The second-order valence-electron chi connectivity index (χ2n) is 5.75. The van der Waals surface area contributed by atoms with Crippen molar-refractivity contribution in [1.29, 1.82) is 0 Å². The van der Waals surface area contributed by atoms with Crippen molar-refractivity contribution in [3.05, 3.63) is 47.4 Å². The lowest BCUT2D eigenvalue weighted by Gasteiger charge is -2.22. The Morgan fingerprint density at radius 3 is 3.12 bits per heavy atom. The lowest BCUT2D eigenvalue weighted by molar-refractivity contribution is -0.169. The Balaban J connectivity index is 1.54. The van der Waals surface area contributed by atoms with Gasteiger partial charge in [-0.1, -0.05) is 16.8 Å². The summed E-state index contributed by atoms with van der Waals surface area (Å²) < 4.78 is 13.1. The molecule has 1 unspecified atom stereocenters. The summed E-state index contributed by atoms with van der Waals surface area (Å²) in [7, 11) is 0. The highest BCUT2D eigenvalue weighted by atomic mass is 35.5. The third kappa shape index (κ3) is 3.26. The van der Waals surface area contributed by atoms with Crippen LogP contribution >= 0.6 is 11.6 Å². The van der Waals surface area contributed by atoms with Crippen LogP contribution in [0.5, 0.6) is 0 Å². The van der Waals surface area contributed by atoms with Crippen LogP contribution in [0.15, 0.2) is 36.7 Å². The number of benzene rings is 1. The first-order valence-corrected chi connectivity index (χ1v) is 8.36. The van der Waals surface area contributed by atoms with Gasteiger partial charge in [-0.05, 0) is 43.5 Å². The fraction of sp³-hybridized carbons (Fsp3) is 0.353. The molecule has 7 heteroatoms. The Morgan fingerprint density at radius 1 is 1.29 bits per heavy atom. The van der Waals surface area contributed by atoms with Gasteiger partial charge in [-0.25, -0.2) is 4.68 Å². The zero-order chi connectivity index (χ0) is 16.4. The minimum atomic E-state index is -0.132. The molecule has 1 atom stereocenters. The Hall–Kier alpha value is -2.02. The second kappa shape index (κ2) is 6.84. The van der Waals surface area contributed by atoms with Crippen molar-refractivity contribution >= 4 is 22.5 Å². The molecule has 1 saturated heterocycles. The number of nitrogens with zero attached hydrogens (tertiary/aromatic N) is 4. The summed E-state index contributed by atoms with van der Waals surface area (Å²) in [6.45, 7) is 1.16. The fourth-order valence-electron chi connectivity index (χ4n) is 2.81. The van der Waals surface area contributed by atoms with E-state index in [1.54, 1.807) is 10.9 Å². The van der Waals surface area contributed by atoms with Crippen molar-refractivity contribution in [2.24, 2.45) is 0 Å². The van der Waals surface area contributed by atoms with Gasteiger partial charge in [0.2, 0.25) is 0 Å². The normalized spacial score (nSPS) is 18.1. The van der Waals surface area contributed by atoms with Crippen LogP contribution in [0.4, 0.5) is 0 Å². The molecule has 0 bridgehead atoms. The van der Waals surface area contributed by atoms with Gasteiger partial charge in [-0.3, -0.25) is 4.98 Å². The van der Waals surface area contributed by atoms with E-state index in [1.807, 2.05) is 30.5 Å². The van der Waals surface area contributed by atoms with Gasteiger partial charge in [0, 0.05) is 23.2 Å². The molecule has 1 fully saturated rings.